The summed E-state index contributed by atoms with van der Waals surface area (Å²) in [5.41, 5.74) is -2.42. The van der Waals surface area contributed by atoms with Crippen LogP contribution in [-0.4, -0.2) is 57.4 Å². The quantitative estimate of drug-likeness (QED) is 0.0870. The van der Waals surface area contributed by atoms with Crippen molar-refractivity contribution in [2.75, 3.05) is 13.2 Å². The fraction of sp³-hybridized carbons (Fsp3) is 0.952. The monoisotopic (exact) mass is 707 g/mol. The molecule has 2 aliphatic rings. The Bertz CT molecular complexity index is 916. The summed E-state index contributed by atoms with van der Waals surface area (Å²) in [6.45, 7) is 23.6. The predicted octanol–water partition coefficient (Wildman–Crippen LogP) is 8.55. The van der Waals surface area contributed by atoms with Gasteiger partial charge in [0.2, 0.25) is 0 Å². The highest BCUT2D eigenvalue weighted by Gasteiger charge is 2.59. The maximum Gasteiger partial charge on any atom is 0.0685 e. The molecule has 0 aromatic rings. The summed E-state index contributed by atoms with van der Waals surface area (Å²) in [5, 5.41) is 29.3. The van der Waals surface area contributed by atoms with Crippen LogP contribution in [0, 0.1) is 17.3 Å². The number of aliphatic carboxylic acids is 2. The molecular weight excluding hydrogens is 628 g/mol. The van der Waals surface area contributed by atoms with Gasteiger partial charge in [-0.15, -0.1) is 0 Å². The zero-order valence-electron chi connectivity index (χ0n) is 34.3. The summed E-state index contributed by atoms with van der Waals surface area (Å²) in [6, 6.07) is 0. The molecule has 8 nitrogen and oxygen atoms in total. The highest BCUT2D eigenvalue weighted by Crippen LogP contribution is 2.58. The molecule has 2 saturated heterocycles. The first-order valence-corrected chi connectivity index (χ1v) is 20.6. The van der Waals surface area contributed by atoms with Crippen molar-refractivity contribution in [2.24, 2.45) is 17.3 Å². The minimum absolute atomic E-state index is 0.0794. The molecule has 8 heteroatoms. The van der Waals surface area contributed by atoms with Crippen molar-refractivity contribution in [1.29, 1.82) is 0 Å². The van der Waals surface area contributed by atoms with E-state index in [9.17, 15) is 19.8 Å². The first-order chi connectivity index (χ1) is 23.4. The van der Waals surface area contributed by atoms with Gasteiger partial charge in [0, 0.05) is 39.5 Å². The Morgan fingerprint density at radius 2 is 0.900 bits per heavy atom. The summed E-state index contributed by atoms with van der Waals surface area (Å²) < 4.78 is 0. The topological polar surface area (TPSA) is 105 Å². The van der Waals surface area contributed by atoms with Crippen LogP contribution in [0.5, 0.6) is 0 Å². The molecule has 50 heavy (non-hydrogen) atoms. The molecule has 0 N–H and O–H groups in total. The molecular formula is C42H78N2O6-2. The second kappa shape index (κ2) is 20.3. The molecule has 0 saturated carbocycles. The summed E-state index contributed by atoms with van der Waals surface area (Å²) in [6.07, 6.45) is 19.3. The molecule has 0 aliphatic carbocycles. The fourth-order valence-electron chi connectivity index (χ4n) is 10.1. The third-order valence-corrected chi connectivity index (χ3v) is 11.9. The first-order valence-electron chi connectivity index (χ1n) is 20.6. The molecule has 294 valence electrons. The number of nitrogens with zero attached hydrogens (tertiary/aromatic N) is 2. The normalized spacial score (nSPS) is 21.4. The lowest BCUT2D eigenvalue weighted by molar-refractivity contribution is -0.343. The van der Waals surface area contributed by atoms with Crippen molar-refractivity contribution in [3.05, 3.63) is 0 Å². The van der Waals surface area contributed by atoms with Crippen LogP contribution in [-0.2, 0) is 19.3 Å². The van der Waals surface area contributed by atoms with Gasteiger partial charge < -0.3 is 19.8 Å². The summed E-state index contributed by atoms with van der Waals surface area (Å²) >= 11 is 0. The summed E-state index contributed by atoms with van der Waals surface area (Å²) in [7, 11) is 0. The highest BCUT2D eigenvalue weighted by molar-refractivity contribution is 5.73. The number of hydrogen-bond donors (Lipinski definition) is 0. The van der Waals surface area contributed by atoms with E-state index in [2.05, 4.69) is 79.4 Å². The SMILES string of the molecule is CCCCCCCON1C(C)(C)CC(C(CCCCCCCC(=O)[O-])(C(=O)[O-])C2CC(C)(C)N(OCCCCCCC)C(C)(C)C2)CC1(C)C. The van der Waals surface area contributed by atoms with Crippen LogP contribution in [0.25, 0.3) is 0 Å². The van der Waals surface area contributed by atoms with Crippen LogP contribution < -0.4 is 10.2 Å². The molecule has 0 aromatic carbocycles. The van der Waals surface area contributed by atoms with Crippen molar-refractivity contribution in [3.8, 4) is 0 Å². The second-order valence-electron chi connectivity index (χ2n) is 18.5. The molecule has 2 aliphatic heterocycles. The van der Waals surface area contributed by atoms with Gasteiger partial charge in [-0.25, -0.2) is 0 Å². The van der Waals surface area contributed by atoms with Crippen LogP contribution >= 0.6 is 0 Å². The zero-order valence-corrected chi connectivity index (χ0v) is 34.3. The standard InChI is InChI=1S/C42H80N2O6/c1-11-13-15-20-24-28-49-43-38(3,4)30-34(31-39(43,5)6)42(37(47)48,27-23-19-17-18-22-26-36(45)46)35-32-40(7,8)44(41(9,10)33-35)50-29-25-21-16-14-12-2/h34-35H,11-33H2,1-10H3,(H,45,46)(H,47,48)/p-2. The van der Waals surface area contributed by atoms with E-state index >= 15 is 0 Å². The van der Waals surface area contributed by atoms with E-state index in [1.807, 2.05) is 0 Å². The van der Waals surface area contributed by atoms with E-state index in [1.165, 1.54) is 51.4 Å². The van der Waals surface area contributed by atoms with Gasteiger partial charge in [-0.1, -0.05) is 90.9 Å². The molecule has 0 unspecified atom stereocenters. The molecule has 2 rings (SSSR count). The Morgan fingerprint density at radius 3 is 1.26 bits per heavy atom. The number of carbonyl (C=O) groups excluding carboxylic acids is 2. The van der Waals surface area contributed by atoms with Gasteiger partial charge in [0.1, 0.15) is 0 Å². The largest absolute Gasteiger partial charge is 0.550 e. The van der Waals surface area contributed by atoms with E-state index in [1.54, 1.807) is 0 Å². The average molecular weight is 707 g/mol. The van der Waals surface area contributed by atoms with Gasteiger partial charge >= 0.3 is 0 Å². The number of hydrogen-bond acceptors (Lipinski definition) is 8. The number of carboxylic acid groups (broad SMARTS) is 2. The van der Waals surface area contributed by atoms with Gasteiger partial charge in [0.25, 0.3) is 0 Å². The maximum atomic E-state index is 14.0. The molecule has 0 amide bonds. The van der Waals surface area contributed by atoms with Gasteiger partial charge in [-0.2, -0.15) is 10.1 Å². The van der Waals surface area contributed by atoms with Crippen molar-refractivity contribution in [2.45, 2.75) is 226 Å². The van der Waals surface area contributed by atoms with Crippen LogP contribution in [0.4, 0.5) is 0 Å². The number of piperidine rings is 2. The lowest BCUT2D eigenvalue weighted by Gasteiger charge is -2.63. The van der Waals surface area contributed by atoms with Crippen LogP contribution in [0.1, 0.15) is 204 Å². The average Bonchev–Trinajstić information content (AvgIpc) is 2.98. The van der Waals surface area contributed by atoms with Crippen LogP contribution in [0.2, 0.25) is 0 Å². The highest BCUT2D eigenvalue weighted by atomic mass is 16.7. The number of carbonyl (C=O) groups is 2. The maximum absolute atomic E-state index is 14.0. The van der Waals surface area contributed by atoms with Crippen molar-refractivity contribution >= 4 is 11.9 Å². The predicted molar refractivity (Wildman–Crippen MR) is 200 cm³/mol. The molecule has 2 heterocycles. The lowest BCUT2D eigenvalue weighted by atomic mass is 9.52. The molecule has 0 atom stereocenters. The Balaban J connectivity index is 2.37. The van der Waals surface area contributed by atoms with Crippen LogP contribution in [0.15, 0.2) is 0 Å². The van der Waals surface area contributed by atoms with Gasteiger partial charge in [-0.05, 0) is 125 Å². The third-order valence-electron chi connectivity index (χ3n) is 11.9. The molecule has 2 fully saturated rings. The molecule has 0 bridgehead atoms. The summed E-state index contributed by atoms with van der Waals surface area (Å²) in [5.74, 6) is -2.07. The summed E-state index contributed by atoms with van der Waals surface area (Å²) in [4.78, 5) is 38.0. The minimum Gasteiger partial charge on any atom is -0.550 e. The number of unbranched alkanes of at least 4 members (excludes halogenated alkanes) is 12. The molecule has 0 aromatic heterocycles. The van der Waals surface area contributed by atoms with Crippen molar-refractivity contribution in [1.82, 2.24) is 10.1 Å². The van der Waals surface area contributed by atoms with E-state index in [0.29, 0.717) is 26.1 Å². The number of hydroxylamine groups is 4. The van der Waals surface area contributed by atoms with E-state index in [-0.39, 0.29) is 40.4 Å². The van der Waals surface area contributed by atoms with Gasteiger partial charge in [-0.3, -0.25) is 9.68 Å². The first kappa shape index (κ1) is 44.9. The smallest absolute Gasteiger partial charge is 0.0685 e. The number of carboxylic acids is 2. The Labute approximate surface area is 307 Å². The van der Waals surface area contributed by atoms with E-state index in [4.69, 9.17) is 9.68 Å². The fourth-order valence-corrected chi connectivity index (χ4v) is 10.1. The van der Waals surface area contributed by atoms with Gasteiger partial charge in [0.05, 0.1) is 13.2 Å². The Hall–Kier alpha value is -1.22. The van der Waals surface area contributed by atoms with Crippen LogP contribution in [0.3, 0.4) is 0 Å². The van der Waals surface area contributed by atoms with E-state index in [0.717, 1.165) is 64.2 Å². The minimum atomic E-state index is -1.01. The molecule has 0 spiro atoms. The molecule has 0 radical (unpaired) electrons. The Kier molecular flexibility index (Phi) is 18.2. The van der Waals surface area contributed by atoms with Crippen molar-refractivity contribution in [3.63, 3.8) is 0 Å². The van der Waals surface area contributed by atoms with E-state index < -0.39 is 17.4 Å². The Morgan fingerprint density at radius 1 is 0.560 bits per heavy atom. The zero-order chi connectivity index (χ0) is 37.6. The number of rotatable bonds is 25. The van der Waals surface area contributed by atoms with Crippen molar-refractivity contribution < 1.29 is 29.5 Å². The van der Waals surface area contributed by atoms with Gasteiger partial charge in [0.15, 0.2) is 0 Å². The lowest BCUT2D eigenvalue weighted by Crippen LogP contribution is -2.68. The third kappa shape index (κ3) is 12.7. The second-order valence-corrected chi connectivity index (χ2v) is 18.5.